The van der Waals surface area contributed by atoms with Crippen LogP contribution in [0.4, 0.5) is 5.69 Å². The first-order valence-corrected chi connectivity index (χ1v) is 20.1. The molecular formula is C39H47ClN2O8S. The number of hydrogen-bond donors (Lipinski definition) is 2. The zero-order valence-electron chi connectivity index (χ0n) is 29.3. The Morgan fingerprint density at radius 2 is 1.92 bits per heavy atom. The van der Waals surface area contributed by atoms with Gasteiger partial charge in [-0.2, -0.15) is 8.42 Å². The molecule has 274 valence electrons. The number of hydrogen-bond acceptors (Lipinski definition) is 9. The number of aromatic nitrogens is 1. The average Bonchev–Trinajstić information content (AvgIpc) is 3.67. The molecule has 4 aliphatic rings. The van der Waals surface area contributed by atoms with Crippen LogP contribution >= 0.6 is 11.6 Å². The molecule has 12 heteroatoms. The predicted molar refractivity (Wildman–Crippen MR) is 195 cm³/mol. The van der Waals surface area contributed by atoms with Crippen LogP contribution in [0.2, 0.25) is 5.02 Å². The molecule has 51 heavy (non-hydrogen) atoms. The minimum atomic E-state index is -4.16. The normalized spacial score (nSPS) is 25.6. The number of pyridine rings is 1. The van der Waals surface area contributed by atoms with Crippen LogP contribution in [0.3, 0.4) is 0 Å². The SMILES string of the molecule is C[C@@H](COc1ccnc2c1[C@H](C)CCC2)C[C@H]1Cc2cc3c(cc2C12CCC(Nc1cccc(Cl)c1)(C(=O)OCCCS(=O)(=O)O)CC2)OCO3. The number of rotatable bonds is 12. The maximum atomic E-state index is 14.0. The summed E-state index contributed by atoms with van der Waals surface area (Å²) in [4.78, 5) is 18.6. The summed E-state index contributed by atoms with van der Waals surface area (Å²) in [6.07, 6.45) is 9.45. The Morgan fingerprint density at radius 1 is 1.14 bits per heavy atom. The fourth-order valence-electron chi connectivity index (χ4n) is 9.03. The van der Waals surface area contributed by atoms with Crippen LogP contribution in [0.15, 0.2) is 48.7 Å². The monoisotopic (exact) mass is 738 g/mol. The fourth-order valence-corrected chi connectivity index (χ4v) is 9.70. The van der Waals surface area contributed by atoms with E-state index in [0.717, 1.165) is 67.9 Å². The summed E-state index contributed by atoms with van der Waals surface area (Å²) in [6.45, 7) is 5.22. The molecule has 1 aliphatic heterocycles. The van der Waals surface area contributed by atoms with E-state index in [1.807, 2.05) is 24.4 Å². The van der Waals surface area contributed by atoms with E-state index < -0.39 is 27.4 Å². The molecule has 3 aliphatic carbocycles. The van der Waals surface area contributed by atoms with E-state index in [1.54, 1.807) is 12.1 Å². The van der Waals surface area contributed by atoms with Gasteiger partial charge in [0.05, 0.1) is 19.0 Å². The molecular weight excluding hydrogens is 692 g/mol. The van der Waals surface area contributed by atoms with E-state index in [-0.39, 0.29) is 31.2 Å². The van der Waals surface area contributed by atoms with Gasteiger partial charge in [-0.05, 0) is 135 Å². The van der Waals surface area contributed by atoms with Crippen LogP contribution in [-0.2, 0) is 37.9 Å². The number of carbonyl (C=O) groups is 1. The third-order valence-corrected chi connectivity index (χ3v) is 12.6. The topological polar surface area (TPSA) is 133 Å². The van der Waals surface area contributed by atoms with Gasteiger partial charge in [-0.25, -0.2) is 4.79 Å². The van der Waals surface area contributed by atoms with Crippen LogP contribution in [-0.4, -0.2) is 55.2 Å². The summed E-state index contributed by atoms with van der Waals surface area (Å²) in [5, 5.41) is 4.03. The predicted octanol–water partition coefficient (Wildman–Crippen LogP) is 7.66. The van der Waals surface area contributed by atoms with E-state index in [4.69, 9.17) is 30.5 Å². The lowest BCUT2D eigenvalue weighted by Gasteiger charge is -2.48. The molecule has 2 N–H and O–H groups in total. The highest BCUT2D eigenvalue weighted by Gasteiger charge is 2.55. The molecule has 1 saturated carbocycles. The number of halogens is 1. The van der Waals surface area contributed by atoms with Gasteiger partial charge in [0.15, 0.2) is 11.5 Å². The smallest absolute Gasteiger partial charge is 0.331 e. The number of aryl methyl sites for hydroxylation is 1. The number of nitrogens with zero attached hydrogens (tertiary/aromatic N) is 1. The maximum Gasteiger partial charge on any atom is 0.331 e. The second-order valence-electron chi connectivity index (χ2n) is 15.0. The molecule has 3 aromatic rings. The van der Waals surface area contributed by atoms with Crippen molar-refractivity contribution in [2.75, 3.05) is 31.1 Å². The molecule has 1 fully saturated rings. The Bertz CT molecular complexity index is 1880. The van der Waals surface area contributed by atoms with Crippen LogP contribution in [0.1, 0.15) is 93.5 Å². The van der Waals surface area contributed by atoms with Crippen LogP contribution in [0.25, 0.3) is 0 Å². The zero-order valence-corrected chi connectivity index (χ0v) is 30.9. The first kappa shape index (κ1) is 35.8. The van der Waals surface area contributed by atoms with E-state index in [1.165, 1.54) is 16.7 Å². The highest BCUT2D eigenvalue weighted by molar-refractivity contribution is 7.85. The second-order valence-corrected chi connectivity index (χ2v) is 17.0. The maximum absolute atomic E-state index is 14.0. The van der Waals surface area contributed by atoms with Gasteiger partial charge in [-0.15, -0.1) is 0 Å². The highest BCUT2D eigenvalue weighted by atomic mass is 35.5. The van der Waals surface area contributed by atoms with Crippen molar-refractivity contribution in [2.24, 2.45) is 11.8 Å². The van der Waals surface area contributed by atoms with Crippen molar-refractivity contribution < 1.29 is 36.7 Å². The van der Waals surface area contributed by atoms with Gasteiger partial charge in [-0.3, -0.25) is 9.54 Å². The van der Waals surface area contributed by atoms with Crippen molar-refractivity contribution in [3.63, 3.8) is 0 Å². The van der Waals surface area contributed by atoms with Crippen molar-refractivity contribution >= 4 is 33.4 Å². The van der Waals surface area contributed by atoms with Crippen molar-refractivity contribution in [1.82, 2.24) is 4.98 Å². The molecule has 3 atom stereocenters. The van der Waals surface area contributed by atoms with E-state index >= 15 is 0 Å². The van der Waals surface area contributed by atoms with Gasteiger partial charge in [0.2, 0.25) is 6.79 Å². The van der Waals surface area contributed by atoms with Gasteiger partial charge >= 0.3 is 5.97 Å². The van der Waals surface area contributed by atoms with Gasteiger partial charge in [0, 0.05) is 28.2 Å². The molecule has 0 bridgehead atoms. The number of anilines is 1. The Labute approximate surface area is 305 Å². The van der Waals surface area contributed by atoms with Gasteiger partial charge in [0.1, 0.15) is 11.3 Å². The van der Waals surface area contributed by atoms with E-state index in [0.29, 0.717) is 42.0 Å². The Hall–Kier alpha value is -3.54. The molecule has 1 aromatic heterocycles. The molecule has 0 unspecified atom stereocenters. The van der Waals surface area contributed by atoms with E-state index in [2.05, 4.69) is 36.3 Å². The number of carbonyl (C=O) groups excluding carboxylic acids is 1. The standard InChI is InChI=1S/C39H47ClN2O8S/c1-25(23-48-33-10-15-41-32-9-3-6-26(2)36(32)33)18-28-19-27-20-34-35(50-24-49-34)22-31(27)38(28)11-13-39(14-12-38,42-30-8-4-7-29(40)21-30)37(43)47-16-5-17-51(44,45)46/h4,7-8,10,15,20-22,25-26,28,42H,3,5-6,9,11-14,16-19,23-24H2,1-2H3,(H,44,45,46)/t25-,26-,28+,38?,39?/m1/s1. The van der Waals surface area contributed by atoms with Gasteiger partial charge in [0.25, 0.3) is 10.1 Å². The number of esters is 1. The Kier molecular flexibility index (Phi) is 10.2. The van der Waals surface area contributed by atoms with Crippen molar-refractivity contribution in [1.29, 1.82) is 0 Å². The highest BCUT2D eigenvalue weighted by Crippen LogP contribution is 2.58. The summed E-state index contributed by atoms with van der Waals surface area (Å²) < 4.78 is 55.6. The summed E-state index contributed by atoms with van der Waals surface area (Å²) >= 11 is 6.34. The second kappa shape index (κ2) is 14.5. The average molecular weight is 739 g/mol. The molecule has 1 spiro atoms. The summed E-state index contributed by atoms with van der Waals surface area (Å²) in [6, 6.07) is 13.6. The van der Waals surface area contributed by atoms with Crippen LogP contribution < -0.4 is 19.5 Å². The summed E-state index contributed by atoms with van der Waals surface area (Å²) in [7, 11) is -4.16. The van der Waals surface area contributed by atoms with Gasteiger partial charge in [-0.1, -0.05) is 31.5 Å². The molecule has 10 nitrogen and oxygen atoms in total. The molecule has 2 aromatic carbocycles. The zero-order chi connectivity index (χ0) is 35.8. The third kappa shape index (κ3) is 7.53. The molecule has 0 radical (unpaired) electrons. The summed E-state index contributed by atoms with van der Waals surface area (Å²) in [5.41, 5.74) is 4.39. The van der Waals surface area contributed by atoms with E-state index in [9.17, 15) is 17.8 Å². The Balaban J connectivity index is 1.13. The minimum Gasteiger partial charge on any atom is -0.493 e. The largest absolute Gasteiger partial charge is 0.493 e. The van der Waals surface area contributed by atoms with Crippen LogP contribution in [0.5, 0.6) is 17.2 Å². The molecule has 0 amide bonds. The Morgan fingerprint density at radius 3 is 2.69 bits per heavy atom. The van der Waals surface area contributed by atoms with Gasteiger partial charge < -0.3 is 24.3 Å². The fraction of sp³-hybridized carbons (Fsp3) is 0.538. The molecule has 7 rings (SSSR count). The quantitative estimate of drug-likeness (QED) is 0.108. The van der Waals surface area contributed by atoms with Crippen LogP contribution in [0, 0.1) is 11.8 Å². The number of benzene rings is 2. The number of ether oxygens (including phenoxy) is 4. The van der Waals surface area contributed by atoms with Crippen molar-refractivity contribution in [3.8, 4) is 17.2 Å². The lowest BCUT2D eigenvalue weighted by Crippen LogP contribution is -2.54. The van der Waals surface area contributed by atoms with Crippen molar-refractivity contribution in [2.45, 2.75) is 94.9 Å². The first-order valence-electron chi connectivity index (χ1n) is 18.1. The summed E-state index contributed by atoms with van der Waals surface area (Å²) in [5.74, 6) is 2.58. The lowest BCUT2D eigenvalue weighted by atomic mass is 9.59. The number of nitrogens with one attached hydrogen (secondary N) is 1. The molecule has 0 saturated heterocycles. The van der Waals surface area contributed by atoms with Crippen molar-refractivity contribution in [3.05, 3.63) is 76.1 Å². The third-order valence-electron chi connectivity index (χ3n) is 11.5. The first-order chi connectivity index (χ1) is 24.4. The lowest BCUT2D eigenvalue weighted by molar-refractivity contribution is -0.151. The number of fused-ring (bicyclic) bond motifs is 4. The molecule has 2 heterocycles. The minimum absolute atomic E-state index is 0.00551.